The van der Waals surface area contributed by atoms with Gasteiger partial charge in [0, 0.05) is 25.3 Å². The number of benzene rings is 2. The maximum Gasteiger partial charge on any atom is 0.0436 e. The molecule has 0 fully saturated rings. The van der Waals surface area contributed by atoms with Gasteiger partial charge in [0.05, 0.1) is 0 Å². The second-order valence-corrected chi connectivity index (χ2v) is 4.78. The second kappa shape index (κ2) is 4.83. The molecule has 3 rings (SSSR count). The van der Waals surface area contributed by atoms with Gasteiger partial charge in [0.2, 0.25) is 0 Å². The average Bonchev–Trinajstić information content (AvgIpc) is 2.83. The molecule has 0 saturated heterocycles. The Morgan fingerprint density at radius 2 is 1.56 bits per heavy atom. The van der Waals surface area contributed by atoms with Crippen molar-refractivity contribution >= 4 is 5.69 Å². The zero-order valence-corrected chi connectivity index (χ0v) is 10.7. The Morgan fingerprint density at radius 1 is 0.944 bits per heavy atom. The van der Waals surface area contributed by atoms with Crippen molar-refractivity contribution in [2.75, 3.05) is 11.9 Å². The molecule has 2 heteroatoms. The van der Waals surface area contributed by atoms with Crippen LogP contribution in [0.2, 0.25) is 0 Å². The summed E-state index contributed by atoms with van der Waals surface area (Å²) in [6.45, 7) is 2.97. The van der Waals surface area contributed by atoms with E-state index < -0.39 is 0 Å². The van der Waals surface area contributed by atoms with Gasteiger partial charge < -0.3 is 10.2 Å². The van der Waals surface area contributed by atoms with Gasteiger partial charge in [-0.3, -0.25) is 0 Å². The smallest absolute Gasteiger partial charge is 0.0436 e. The lowest BCUT2D eigenvalue weighted by Crippen LogP contribution is -2.18. The van der Waals surface area contributed by atoms with E-state index in [4.69, 9.17) is 0 Å². The molecule has 1 heterocycles. The molecule has 1 N–H and O–H groups in total. The minimum absolute atomic E-state index is 0.920. The first-order valence-electron chi connectivity index (χ1n) is 6.42. The van der Waals surface area contributed by atoms with Gasteiger partial charge in [-0.2, -0.15) is 0 Å². The van der Waals surface area contributed by atoms with Gasteiger partial charge in [0.1, 0.15) is 0 Å². The number of para-hydroxylation sites is 1. The Balaban J connectivity index is 1.90. The molecule has 2 aromatic carbocycles. The highest BCUT2D eigenvalue weighted by atomic mass is 15.1. The highest BCUT2D eigenvalue weighted by Gasteiger charge is 2.19. The van der Waals surface area contributed by atoms with Crippen LogP contribution in [0.3, 0.4) is 0 Å². The van der Waals surface area contributed by atoms with Gasteiger partial charge in [-0.15, -0.1) is 0 Å². The molecular formula is C16H18N2. The molecule has 0 spiro atoms. The molecule has 0 radical (unpaired) electrons. The molecular weight excluding hydrogens is 220 g/mol. The van der Waals surface area contributed by atoms with E-state index in [-0.39, 0.29) is 0 Å². The summed E-state index contributed by atoms with van der Waals surface area (Å²) < 4.78 is 0. The minimum Gasteiger partial charge on any atom is -0.363 e. The van der Waals surface area contributed by atoms with Crippen LogP contribution in [0, 0.1) is 0 Å². The van der Waals surface area contributed by atoms with Crippen LogP contribution in [0.4, 0.5) is 5.69 Å². The first-order valence-corrected chi connectivity index (χ1v) is 6.42. The first kappa shape index (κ1) is 11.3. The van der Waals surface area contributed by atoms with E-state index in [1.54, 1.807) is 0 Å². The van der Waals surface area contributed by atoms with Gasteiger partial charge in [0.25, 0.3) is 0 Å². The average molecular weight is 238 g/mol. The molecule has 1 aliphatic rings. The van der Waals surface area contributed by atoms with Crippen molar-refractivity contribution < 1.29 is 0 Å². The monoisotopic (exact) mass is 238 g/mol. The van der Waals surface area contributed by atoms with Crippen molar-refractivity contribution in [3.05, 3.63) is 65.2 Å². The Kier molecular flexibility index (Phi) is 3.03. The van der Waals surface area contributed by atoms with Crippen molar-refractivity contribution in [1.82, 2.24) is 5.32 Å². The number of nitrogens with zero attached hydrogens (tertiary/aromatic N) is 1. The number of fused-ring (bicyclic) bond motifs is 1. The molecule has 0 bridgehead atoms. The van der Waals surface area contributed by atoms with Crippen LogP contribution in [-0.4, -0.2) is 7.05 Å². The number of anilines is 1. The molecule has 0 unspecified atom stereocenters. The molecule has 1 aliphatic heterocycles. The summed E-state index contributed by atoms with van der Waals surface area (Å²) in [7, 11) is 2.00. The van der Waals surface area contributed by atoms with E-state index in [1.807, 2.05) is 7.05 Å². The van der Waals surface area contributed by atoms with Gasteiger partial charge >= 0.3 is 0 Å². The third-order valence-electron chi connectivity index (χ3n) is 3.54. The van der Waals surface area contributed by atoms with Gasteiger partial charge in [0.15, 0.2) is 0 Å². The second-order valence-electron chi connectivity index (χ2n) is 4.78. The topological polar surface area (TPSA) is 15.3 Å². The predicted octanol–water partition coefficient (Wildman–Crippen LogP) is 2.93. The number of hydrogen-bond donors (Lipinski definition) is 1. The van der Waals surface area contributed by atoms with Gasteiger partial charge in [-0.25, -0.2) is 0 Å². The first-order chi connectivity index (χ1) is 8.88. The quantitative estimate of drug-likeness (QED) is 0.884. The molecule has 0 amide bonds. The summed E-state index contributed by atoms with van der Waals surface area (Å²) >= 11 is 0. The summed E-state index contributed by atoms with van der Waals surface area (Å²) in [6, 6.07) is 17.4. The van der Waals surface area contributed by atoms with Crippen molar-refractivity contribution in [2.45, 2.75) is 19.6 Å². The Hall–Kier alpha value is -1.80. The predicted molar refractivity (Wildman–Crippen MR) is 75.5 cm³/mol. The maximum absolute atomic E-state index is 3.24. The highest BCUT2D eigenvalue weighted by Crippen LogP contribution is 2.30. The minimum atomic E-state index is 0.920. The van der Waals surface area contributed by atoms with Gasteiger partial charge in [-0.1, -0.05) is 42.5 Å². The van der Waals surface area contributed by atoms with Crippen molar-refractivity contribution in [2.24, 2.45) is 0 Å². The lowest BCUT2D eigenvalue weighted by atomic mass is 10.1. The highest BCUT2D eigenvalue weighted by molar-refractivity contribution is 5.57. The summed E-state index contributed by atoms with van der Waals surface area (Å²) in [6.07, 6.45) is 0. The Bertz CT molecular complexity index is 523. The van der Waals surface area contributed by atoms with E-state index in [1.165, 1.54) is 22.4 Å². The summed E-state index contributed by atoms with van der Waals surface area (Å²) in [4.78, 5) is 2.46. The maximum atomic E-state index is 3.24. The van der Waals surface area contributed by atoms with E-state index in [2.05, 4.69) is 58.7 Å². The molecule has 0 saturated carbocycles. The van der Waals surface area contributed by atoms with Crippen LogP contribution in [-0.2, 0) is 19.6 Å². The standard InChI is InChI=1S/C16H18N2/c1-17-10-13-6-4-5-9-16(13)18-11-14-7-2-3-8-15(14)12-18/h2-9,17H,10-12H2,1H3. The summed E-state index contributed by atoms with van der Waals surface area (Å²) in [5, 5.41) is 3.24. The molecule has 2 aromatic rings. The third kappa shape index (κ3) is 2.00. The zero-order chi connectivity index (χ0) is 12.4. The molecule has 0 aromatic heterocycles. The molecule has 92 valence electrons. The normalized spacial score (nSPS) is 13.7. The van der Waals surface area contributed by atoms with Crippen molar-refractivity contribution in [1.29, 1.82) is 0 Å². The number of rotatable bonds is 3. The van der Waals surface area contributed by atoms with E-state index in [0.29, 0.717) is 0 Å². The van der Waals surface area contributed by atoms with Crippen LogP contribution < -0.4 is 10.2 Å². The van der Waals surface area contributed by atoms with Crippen LogP contribution in [0.15, 0.2) is 48.5 Å². The molecule has 2 nitrogen and oxygen atoms in total. The fraction of sp³-hybridized carbons (Fsp3) is 0.250. The SMILES string of the molecule is CNCc1ccccc1N1Cc2ccccc2C1. The Labute approximate surface area is 108 Å². The van der Waals surface area contributed by atoms with Crippen molar-refractivity contribution in [3.8, 4) is 0 Å². The number of hydrogen-bond acceptors (Lipinski definition) is 2. The van der Waals surface area contributed by atoms with E-state index >= 15 is 0 Å². The van der Waals surface area contributed by atoms with Crippen LogP contribution in [0.5, 0.6) is 0 Å². The van der Waals surface area contributed by atoms with Crippen LogP contribution >= 0.6 is 0 Å². The molecule has 18 heavy (non-hydrogen) atoms. The van der Waals surface area contributed by atoms with Gasteiger partial charge in [-0.05, 0) is 29.8 Å². The van der Waals surface area contributed by atoms with E-state index in [0.717, 1.165) is 19.6 Å². The Morgan fingerprint density at radius 3 is 2.22 bits per heavy atom. The summed E-state index contributed by atoms with van der Waals surface area (Å²) in [5.74, 6) is 0. The fourth-order valence-corrected chi connectivity index (χ4v) is 2.66. The van der Waals surface area contributed by atoms with Crippen molar-refractivity contribution in [3.63, 3.8) is 0 Å². The zero-order valence-electron chi connectivity index (χ0n) is 10.7. The lowest BCUT2D eigenvalue weighted by Gasteiger charge is -2.21. The molecule has 0 atom stereocenters. The largest absolute Gasteiger partial charge is 0.363 e. The summed E-state index contributed by atoms with van der Waals surface area (Å²) in [5.41, 5.74) is 5.63. The van der Waals surface area contributed by atoms with Crippen LogP contribution in [0.1, 0.15) is 16.7 Å². The van der Waals surface area contributed by atoms with Crippen LogP contribution in [0.25, 0.3) is 0 Å². The lowest BCUT2D eigenvalue weighted by molar-refractivity contribution is 0.797. The number of nitrogens with one attached hydrogen (secondary N) is 1. The molecule has 0 aliphatic carbocycles. The fourth-order valence-electron chi connectivity index (χ4n) is 2.66. The third-order valence-corrected chi connectivity index (χ3v) is 3.54. The van der Waals surface area contributed by atoms with E-state index in [9.17, 15) is 0 Å².